The molecule has 0 saturated carbocycles. The monoisotopic (exact) mass is 292 g/mol. The number of aryl methyl sites for hydroxylation is 1. The van der Waals surface area contributed by atoms with Crippen LogP contribution in [-0.2, 0) is 17.1 Å². The summed E-state index contributed by atoms with van der Waals surface area (Å²) in [5.74, 6) is 0. The highest BCUT2D eigenvalue weighted by molar-refractivity contribution is 7.89. The summed E-state index contributed by atoms with van der Waals surface area (Å²) in [6, 6.07) is 0.387. The van der Waals surface area contributed by atoms with Crippen molar-refractivity contribution in [1.82, 2.24) is 19.4 Å². The van der Waals surface area contributed by atoms with Crippen LogP contribution in [0.2, 0.25) is 5.02 Å². The number of hydrogen-bond donors (Lipinski definition) is 1. The Kier molecular flexibility index (Phi) is 3.96. The molecule has 1 fully saturated rings. The molecule has 0 radical (unpaired) electrons. The zero-order valence-electron chi connectivity index (χ0n) is 10.4. The Morgan fingerprint density at radius 3 is 2.50 bits per heavy atom. The van der Waals surface area contributed by atoms with Gasteiger partial charge in [-0.3, -0.25) is 4.68 Å². The van der Waals surface area contributed by atoms with Gasteiger partial charge in [0.2, 0.25) is 0 Å². The molecule has 0 spiro atoms. The first-order valence-corrected chi connectivity index (χ1v) is 7.63. The molecule has 0 aliphatic carbocycles. The highest BCUT2D eigenvalue weighted by atomic mass is 35.5. The Morgan fingerprint density at radius 1 is 1.44 bits per heavy atom. The summed E-state index contributed by atoms with van der Waals surface area (Å²) in [4.78, 5) is 0. The van der Waals surface area contributed by atoms with Gasteiger partial charge in [0.15, 0.2) is 5.03 Å². The Hall–Kier alpha value is -0.630. The summed E-state index contributed by atoms with van der Waals surface area (Å²) in [5, 5.41) is 7.29. The highest BCUT2D eigenvalue weighted by Crippen LogP contribution is 2.25. The lowest BCUT2D eigenvalue weighted by atomic mass is 10.1. The smallest absolute Gasteiger partial charge is 0.261 e. The lowest BCUT2D eigenvalue weighted by Crippen LogP contribution is -2.44. The van der Waals surface area contributed by atoms with Crippen molar-refractivity contribution in [3.63, 3.8) is 0 Å². The first-order chi connectivity index (χ1) is 8.46. The molecule has 8 heteroatoms. The average Bonchev–Trinajstić information content (AvgIpc) is 2.69. The summed E-state index contributed by atoms with van der Waals surface area (Å²) in [6.07, 6.45) is 2.98. The van der Waals surface area contributed by atoms with Crippen molar-refractivity contribution in [3.8, 4) is 0 Å². The molecule has 6 nitrogen and oxygen atoms in total. The standard InChI is InChI=1S/C10H17ClN4O2S/c1-12-8-3-5-15(6-4-8)18(16,17)10-9(11)7-13-14(10)2/h7-8,12H,3-6H2,1-2H3. The number of nitrogens with zero attached hydrogens (tertiary/aromatic N) is 3. The maximum Gasteiger partial charge on any atom is 0.261 e. The van der Waals surface area contributed by atoms with Crippen LogP contribution < -0.4 is 5.32 Å². The van der Waals surface area contributed by atoms with Crippen LogP contribution in [0.5, 0.6) is 0 Å². The molecule has 2 heterocycles. The minimum atomic E-state index is -3.54. The predicted octanol–water partition coefficient (Wildman–Crippen LogP) is 0.446. The molecule has 18 heavy (non-hydrogen) atoms. The number of nitrogens with one attached hydrogen (secondary N) is 1. The number of piperidine rings is 1. The van der Waals surface area contributed by atoms with Gasteiger partial charge in [-0.1, -0.05) is 11.6 Å². The van der Waals surface area contributed by atoms with Crippen LogP contribution in [0, 0.1) is 0 Å². The topological polar surface area (TPSA) is 67.2 Å². The molecule has 0 unspecified atom stereocenters. The minimum absolute atomic E-state index is 0.0760. The number of sulfonamides is 1. The molecular formula is C10H17ClN4O2S. The summed E-state index contributed by atoms with van der Waals surface area (Å²) in [5.41, 5.74) is 0. The van der Waals surface area contributed by atoms with Gasteiger partial charge >= 0.3 is 0 Å². The van der Waals surface area contributed by atoms with Gasteiger partial charge in [-0.05, 0) is 19.9 Å². The van der Waals surface area contributed by atoms with Crippen LogP contribution in [-0.4, -0.2) is 48.7 Å². The van der Waals surface area contributed by atoms with E-state index in [1.807, 2.05) is 7.05 Å². The van der Waals surface area contributed by atoms with Crippen molar-refractivity contribution in [2.45, 2.75) is 23.9 Å². The summed E-state index contributed by atoms with van der Waals surface area (Å²) < 4.78 is 27.7. The van der Waals surface area contributed by atoms with Gasteiger partial charge in [-0.2, -0.15) is 9.40 Å². The number of aromatic nitrogens is 2. The fraction of sp³-hybridized carbons (Fsp3) is 0.700. The molecule has 1 aliphatic heterocycles. The zero-order chi connectivity index (χ0) is 13.3. The van der Waals surface area contributed by atoms with Crippen LogP contribution in [0.1, 0.15) is 12.8 Å². The number of rotatable bonds is 3. The fourth-order valence-electron chi connectivity index (χ4n) is 2.20. The normalized spacial score (nSPS) is 19.3. The molecule has 1 aliphatic rings. The first-order valence-electron chi connectivity index (χ1n) is 5.81. The van der Waals surface area contributed by atoms with Gasteiger partial charge in [0, 0.05) is 26.2 Å². The lowest BCUT2D eigenvalue weighted by molar-refractivity contribution is 0.297. The third-order valence-electron chi connectivity index (χ3n) is 3.29. The highest BCUT2D eigenvalue weighted by Gasteiger charge is 2.32. The third-order valence-corrected chi connectivity index (χ3v) is 5.70. The number of halogens is 1. The van der Waals surface area contributed by atoms with Gasteiger partial charge in [0.1, 0.15) is 0 Å². The van der Waals surface area contributed by atoms with Crippen molar-refractivity contribution >= 4 is 21.6 Å². The van der Waals surface area contributed by atoms with E-state index in [1.54, 1.807) is 7.05 Å². The predicted molar refractivity (Wildman–Crippen MR) is 69.1 cm³/mol. The maximum atomic E-state index is 12.4. The Labute approximate surface area is 112 Å². The quantitative estimate of drug-likeness (QED) is 0.878. The summed E-state index contributed by atoms with van der Waals surface area (Å²) in [7, 11) is -0.0595. The maximum absolute atomic E-state index is 12.4. The molecule has 0 aromatic carbocycles. The van der Waals surface area contributed by atoms with Crippen LogP contribution in [0.15, 0.2) is 11.2 Å². The molecule has 1 saturated heterocycles. The second kappa shape index (κ2) is 5.16. The molecule has 102 valence electrons. The van der Waals surface area contributed by atoms with Crippen LogP contribution in [0.4, 0.5) is 0 Å². The lowest BCUT2D eigenvalue weighted by Gasteiger charge is -2.30. The number of hydrogen-bond acceptors (Lipinski definition) is 4. The van der Waals surface area contributed by atoms with E-state index in [0.717, 1.165) is 12.8 Å². The van der Waals surface area contributed by atoms with Gasteiger partial charge in [0.25, 0.3) is 10.0 Å². The van der Waals surface area contributed by atoms with Gasteiger partial charge < -0.3 is 5.32 Å². The molecular weight excluding hydrogens is 276 g/mol. The average molecular weight is 293 g/mol. The van der Waals surface area contributed by atoms with E-state index in [0.29, 0.717) is 19.1 Å². The van der Waals surface area contributed by atoms with E-state index in [4.69, 9.17) is 11.6 Å². The molecule has 1 aromatic rings. The SMILES string of the molecule is CNC1CCN(S(=O)(=O)c2c(Cl)cnn2C)CC1. The van der Waals surface area contributed by atoms with Crippen molar-refractivity contribution in [2.75, 3.05) is 20.1 Å². The van der Waals surface area contributed by atoms with Crippen LogP contribution in [0.25, 0.3) is 0 Å². The van der Waals surface area contributed by atoms with Crippen molar-refractivity contribution < 1.29 is 8.42 Å². The van der Waals surface area contributed by atoms with Crippen molar-refractivity contribution in [3.05, 3.63) is 11.2 Å². The van der Waals surface area contributed by atoms with E-state index in [1.165, 1.54) is 15.2 Å². The van der Waals surface area contributed by atoms with Crippen molar-refractivity contribution in [1.29, 1.82) is 0 Å². The molecule has 2 rings (SSSR count). The van der Waals surface area contributed by atoms with E-state index in [2.05, 4.69) is 10.4 Å². The summed E-state index contributed by atoms with van der Waals surface area (Å²) >= 11 is 5.90. The molecule has 0 atom stereocenters. The fourth-order valence-corrected chi connectivity index (χ4v) is 4.27. The Morgan fingerprint density at radius 2 is 2.06 bits per heavy atom. The second-order valence-corrected chi connectivity index (χ2v) is 6.65. The van der Waals surface area contributed by atoms with Gasteiger partial charge in [-0.25, -0.2) is 8.42 Å². The minimum Gasteiger partial charge on any atom is -0.317 e. The van der Waals surface area contributed by atoms with Crippen molar-refractivity contribution in [2.24, 2.45) is 7.05 Å². The Bertz CT molecular complexity index is 500. The molecule has 0 bridgehead atoms. The molecule has 0 amide bonds. The largest absolute Gasteiger partial charge is 0.317 e. The van der Waals surface area contributed by atoms with Gasteiger partial charge in [0.05, 0.1) is 11.2 Å². The Balaban J connectivity index is 2.23. The van der Waals surface area contributed by atoms with E-state index >= 15 is 0 Å². The molecule has 1 N–H and O–H groups in total. The first kappa shape index (κ1) is 13.8. The second-order valence-electron chi connectivity index (χ2n) is 4.39. The van der Waals surface area contributed by atoms with E-state index < -0.39 is 10.0 Å². The third kappa shape index (κ3) is 2.40. The molecule has 1 aromatic heterocycles. The van der Waals surface area contributed by atoms with Crippen LogP contribution in [0.3, 0.4) is 0 Å². The van der Waals surface area contributed by atoms with Gasteiger partial charge in [-0.15, -0.1) is 0 Å². The van der Waals surface area contributed by atoms with Crippen LogP contribution >= 0.6 is 11.6 Å². The van der Waals surface area contributed by atoms with E-state index in [9.17, 15) is 8.42 Å². The van der Waals surface area contributed by atoms with E-state index in [-0.39, 0.29) is 10.0 Å². The summed E-state index contributed by atoms with van der Waals surface area (Å²) in [6.45, 7) is 1.02. The zero-order valence-corrected chi connectivity index (χ0v) is 12.0.